The number of hydrogen-bond donors (Lipinski definition) is 3. The van der Waals surface area contributed by atoms with E-state index in [1.54, 1.807) is 6.92 Å². The number of H-pyrrole nitrogens is 1. The number of nitrogens with zero attached hydrogens (tertiary/aromatic N) is 1. The van der Waals surface area contributed by atoms with E-state index in [4.69, 9.17) is 4.74 Å². The third kappa shape index (κ3) is 5.19. The van der Waals surface area contributed by atoms with Crippen LogP contribution in [-0.2, 0) is 9.53 Å². The van der Waals surface area contributed by atoms with E-state index in [9.17, 15) is 18.4 Å². The maximum atomic E-state index is 12.2. The number of benzene rings is 1. The van der Waals surface area contributed by atoms with Crippen LogP contribution in [0.4, 0.5) is 8.78 Å². The normalized spacial score (nSPS) is 11.9. The molecule has 0 fully saturated rings. The van der Waals surface area contributed by atoms with Gasteiger partial charge in [-0.05, 0) is 37.3 Å². The smallest absolute Gasteiger partial charge is 0.387 e. The minimum Gasteiger partial charge on any atom is -0.464 e. The van der Waals surface area contributed by atoms with Gasteiger partial charge in [0.05, 0.1) is 12.3 Å². The van der Waals surface area contributed by atoms with Crippen molar-refractivity contribution in [3.8, 4) is 17.0 Å². The van der Waals surface area contributed by atoms with Crippen molar-refractivity contribution >= 4 is 24.5 Å². The first-order chi connectivity index (χ1) is 12.4. The van der Waals surface area contributed by atoms with Crippen molar-refractivity contribution in [2.75, 3.05) is 12.4 Å². The van der Waals surface area contributed by atoms with Crippen LogP contribution in [0.15, 0.2) is 30.3 Å². The van der Waals surface area contributed by atoms with Crippen LogP contribution in [0.25, 0.3) is 11.3 Å². The van der Waals surface area contributed by atoms with Gasteiger partial charge in [0, 0.05) is 11.3 Å². The molecule has 1 amide bonds. The summed E-state index contributed by atoms with van der Waals surface area (Å²) in [4.78, 5) is 23.9. The molecule has 0 saturated heterocycles. The SMILES string of the molecule is CCOC(=O)[C@H](CS)NC(=O)c1cc(-c2ccc(OC(F)F)cc2)n[nH]1. The van der Waals surface area contributed by atoms with Crippen LogP contribution in [-0.4, -0.2) is 47.1 Å². The Morgan fingerprint density at radius 2 is 2.00 bits per heavy atom. The molecule has 0 aliphatic carbocycles. The van der Waals surface area contributed by atoms with E-state index in [0.717, 1.165) is 0 Å². The monoisotopic (exact) mass is 385 g/mol. The standard InChI is InChI=1S/C16H17F2N3O4S/c1-2-24-15(23)13(8-26)19-14(22)12-7-11(20-21-12)9-3-5-10(6-4-9)25-16(17)18/h3-7,13,16,26H,2,8H2,1H3,(H,19,22)(H,20,21)/t13-/m0/s1. The summed E-state index contributed by atoms with van der Waals surface area (Å²) in [5.41, 5.74) is 1.15. The summed E-state index contributed by atoms with van der Waals surface area (Å²) in [7, 11) is 0. The topological polar surface area (TPSA) is 93.3 Å². The summed E-state index contributed by atoms with van der Waals surface area (Å²) in [6.45, 7) is -1.05. The number of carbonyl (C=O) groups is 2. The van der Waals surface area contributed by atoms with E-state index >= 15 is 0 Å². The second-order valence-electron chi connectivity index (χ2n) is 5.03. The molecule has 1 heterocycles. The number of esters is 1. The quantitative estimate of drug-likeness (QED) is 0.479. The molecule has 0 radical (unpaired) electrons. The highest BCUT2D eigenvalue weighted by Gasteiger charge is 2.22. The summed E-state index contributed by atoms with van der Waals surface area (Å²) >= 11 is 4.02. The van der Waals surface area contributed by atoms with Crippen molar-refractivity contribution < 1.29 is 27.8 Å². The third-order valence-electron chi connectivity index (χ3n) is 3.26. The molecule has 1 aromatic carbocycles. The maximum Gasteiger partial charge on any atom is 0.387 e. The molecule has 0 spiro atoms. The molecule has 10 heteroatoms. The van der Waals surface area contributed by atoms with Gasteiger partial charge in [-0.2, -0.15) is 26.5 Å². The van der Waals surface area contributed by atoms with Gasteiger partial charge in [-0.25, -0.2) is 4.79 Å². The second kappa shape index (κ2) is 9.18. The highest BCUT2D eigenvalue weighted by Crippen LogP contribution is 2.22. The van der Waals surface area contributed by atoms with Crippen LogP contribution < -0.4 is 10.1 Å². The Balaban J connectivity index is 2.06. The average molecular weight is 385 g/mol. The van der Waals surface area contributed by atoms with Gasteiger partial charge < -0.3 is 14.8 Å². The average Bonchev–Trinajstić information content (AvgIpc) is 3.10. The summed E-state index contributed by atoms with van der Waals surface area (Å²) in [5, 5.41) is 9.06. The van der Waals surface area contributed by atoms with Gasteiger partial charge in [0.1, 0.15) is 17.5 Å². The molecule has 0 aliphatic rings. The molecular weight excluding hydrogens is 368 g/mol. The first kappa shape index (κ1) is 19.7. The number of alkyl halides is 2. The lowest BCUT2D eigenvalue weighted by atomic mass is 10.1. The molecule has 140 valence electrons. The number of halogens is 2. The largest absolute Gasteiger partial charge is 0.464 e. The number of carbonyl (C=O) groups excluding carboxylic acids is 2. The van der Waals surface area contributed by atoms with E-state index in [1.165, 1.54) is 30.3 Å². The van der Waals surface area contributed by atoms with E-state index in [2.05, 4.69) is 32.9 Å². The van der Waals surface area contributed by atoms with E-state index in [1.807, 2.05) is 0 Å². The number of ether oxygens (including phenoxy) is 2. The number of amides is 1. The Bertz CT molecular complexity index is 752. The van der Waals surface area contributed by atoms with Crippen molar-refractivity contribution in [1.82, 2.24) is 15.5 Å². The Labute approximate surface area is 153 Å². The second-order valence-corrected chi connectivity index (χ2v) is 5.40. The number of aromatic nitrogens is 2. The highest BCUT2D eigenvalue weighted by molar-refractivity contribution is 7.80. The molecule has 1 aromatic heterocycles. The molecule has 2 N–H and O–H groups in total. The number of aromatic amines is 1. The van der Waals surface area contributed by atoms with Gasteiger partial charge in [-0.15, -0.1) is 0 Å². The van der Waals surface area contributed by atoms with Gasteiger partial charge in [0.15, 0.2) is 0 Å². The number of rotatable bonds is 8. The van der Waals surface area contributed by atoms with Crippen molar-refractivity contribution in [1.29, 1.82) is 0 Å². The Morgan fingerprint density at radius 3 is 2.58 bits per heavy atom. The van der Waals surface area contributed by atoms with Crippen LogP contribution in [0.1, 0.15) is 17.4 Å². The minimum atomic E-state index is -2.90. The Hall–Kier alpha value is -2.62. The molecule has 0 bridgehead atoms. The first-order valence-corrected chi connectivity index (χ1v) is 8.26. The number of thiol groups is 1. The zero-order chi connectivity index (χ0) is 19.1. The molecule has 7 nitrogen and oxygen atoms in total. The third-order valence-corrected chi connectivity index (χ3v) is 3.62. The molecule has 0 saturated carbocycles. The maximum absolute atomic E-state index is 12.2. The summed E-state index contributed by atoms with van der Waals surface area (Å²) in [6, 6.07) is 6.39. The van der Waals surface area contributed by atoms with Gasteiger partial charge in [-0.3, -0.25) is 9.89 Å². The Kier molecular flexibility index (Phi) is 6.96. The lowest BCUT2D eigenvalue weighted by molar-refractivity contribution is -0.144. The fraction of sp³-hybridized carbons (Fsp3) is 0.312. The van der Waals surface area contributed by atoms with Gasteiger partial charge in [-0.1, -0.05) is 0 Å². The molecule has 0 aliphatic heterocycles. The lowest BCUT2D eigenvalue weighted by Crippen LogP contribution is -2.43. The summed E-state index contributed by atoms with van der Waals surface area (Å²) in [6.07, 6.45) is 0. The van der Waals surface area contributed by atoms with E-state index in [0.29, 0.717) is 11.3 Å². The van der Waals surface area contributed by atoms with E-state index < -0.39 is 24.5 Å². The van der Waals surface area contributed by atoms with Crippen LogP contribution in [0.5, 0.6) is 5.75 Å². The molecule has 2 aromatic rings. The van der Waals surface area contributed by atoms with Crippen molar-refractivity contribution in [3.63, 3.8) is 0 Å². The van der Waals surface area contributed by atoms with Crippen LogP contribution in [0.2, 0.25) is 0 Å². The first-order valence-electron chi connectivity index (χ1n) is 7.63. The van der Waals surface area contributed by atoms with E-state index in [-0.39, 0.29) is 23.8 Å². The van der Waals surface area contributed by atoms with Crippen molar-refractivity contribution in [3.05, 3.63) is 36.0 Å². The summed E-state index contributed by atoms with van der Waals surface area (Å²) < 4.78 is 33.4. The fourth-order valence-electron chi connectivity index (χ4n) is 2.05. The highest BCUT2D eigenvalue weighted by atomic mass is 32.1. The predicted molar refractivity (Wildman–Crippen MR) is 92.4 cm³/mol. The zero-order valence-corrected chi connectivity index (χ0v) is 14.6. The number of hydrogen-bond acceptors (Lipinski definition) is 6. The molecule has 1 atom stereocenters. The molecule has 26 heavy (non-hydrogen) atoms. The van der Waals surface area contributed by atoms with Gasteiger partial charge in [0.2, 0.25) is 0 Å². The predicted octanol–water partition coefficient (Wildman–Crippen LogP) is 2.27. The van der Waals surface area contributed by atoms with Gasteiger partial charge in [0.25, 0.3) is 5.91 Å². The molecule has 2 rings (SSSR count). The molecule has 0 unspecified atom stereocenters. The van der Waals surface area contributed by atoms with Crippen molar-refractivity contribution in [2.24, 2.45) is 0 Å². The van der Waals surface area contributed by atoms with Crippen LogP contribution in [0, 0.1) is 0 Å². The number of nitrogens with one attached hydrogen (secondary N) is 2. The Morgan fingerprint density at radius 1 is 1.31 bits per heavy atom. The fourth-order valence-corrected chi connectivity index (χ4v) is 2.29. The van der Waals surface area contributed by atoms with Crippen molar-refractivity contribution in [2.45, 2.75) is 19.6 Å². The van der Waals surface area contributed by atoms with Crippen LogP contribution >= 0.6 is 12.6 Å². The van der Waals surface area contributed by atoms with Gasteiger partial charge >= 0.3 is 12.6 Å². The lowest BCUT2D eigenvalue weighted by Gasteiger charge is -2.14. The zero-order valence-electron chi connectivity index (χ0n) is 13.7. The molecular formula is C16H17F2N3O4S. The minimum absolute atomic E-state index is 0.0170. The van der Waals surface area contributed by atoms with Crippen LogP contribution in [0.3, 0.4) is 0 Å². The summed E-state index contributed by atoms with van der Waals surface area (Å²) in [5.74, 6) is -1.03.